The average molecular weight is 476 g/mol. The number of aromatic nitrogens is 1. The molecule has 8 heteroatoms. The molecule has 0 saturated carbocycles. The summed E-state index contributed by atoms with van der Waals surface area (Å²) in [5, 5.41) is -0.0525. The third-order valence-corrected chi connectivity index (χ3v) is 7.71. The van der Waals surface area contributed by atoms with Gasteiger partial charge in [-0.25, -0.2) is 8.42 Å². The van der Waals surface area contributed by atoms with Gasteiger partial charge in [-0.3, -0.25) is 0 Å². The Morgan fingerprint density at radius 2 is 1.38 bits per heavy atom. The molecule has 3 aromatic carbocycles. The summed E-state index contributed by atoms with van der Waals surface area (Å²) in [7, 11) is -2.24. The summed E-state index contributed by atoms with van der Waals surface area (Å²) >= 11 is 0. The summed E-state index contributed by atoms with van der Waals surface area (Å²) in [6.07, 6.45) is 0. The fourth-order valence-electron chi connectivity index (χ4n) is 4.14. The minimum absolute atomic E-state index is 0.0525. The van der Waals surface area contributed by atoms with E-state index < -0.39 is 10.0 Å². The zero-order valence-electron chi connectivity index (χ0n) is 18.8. The molecule has 1 aliphatic heterocycles. The first-order valence-electron chi connectivity index (χ1n) is 11.1. The van der Waals surface area contributed by atoms with Crippen LogP contribution in [0.1, 0.15) is 0 Å². The van der Waals surface area contributed by atoms with Crippen LogP contribution in [-0.4, -0.2) is 51.0 Å². The predicted octanol–water partition coefficient (Wildman–Crippen LogP) is 4.53. The van der Waals surface area contributed by atoms with Crippen molar-refractivity contribution in [2.24, 2.45) is 0 Å². The SMILES string of the molecule is COc1ccccc1N1CCN(S(=O)(=O)c2nc(-c3ccccc3)oc2-c2ccccc2)CC1. The van der Waals surface area contributed by atoms with Crippen LogP contribution in [0.25, 0.3) is 22.8 Å². The Kier molecular flexibility index (Phi) is 6.08. The molecule has 0 unspecified atom stereocenters. The first kappa shape index (κ1) is 22.2. The Bertz CT molecular complexity index is 1360. The normalized spacial score (nSPS) is 14.8. The first-order chi connectivity index (χ1) is 16.6. The van der Waals surface area contributed by atoms with Crippen molar-refractivity contribution in [1.82, 2.24) is 9.29 Å². The van der Waals surface area contributed by atoms with Crippen LogP contribution in [0.2, 0.25) is 0 Å². The van der Waals surface area contributed by atoms with Crippen molar-refractivity contribution in [3.05, 3.63) is 84.9 Å². The molecule has 4 aromatic rings. The van der Waals surface area contributed by atoms with Gasteiger partial charge in [-0.15, -0.1) is 0 Å². The Balaban J connectivity index is 1.47. The number of piperazine rings is 1. The molecule has 0 N–H and O–H groups in total. The smallest absolute Gasteiger partial charge is 0.264 e. The molecule has 0 radical (unpaired) electrons. The van der Waals surface area contributed by atoms with Gasteiger partial charge in [0.2, 0.25) is 10.9 Å². The molecule has 0 amide bonds. The Morgan fingerprint density at radius 3 is 2.03 bits per heavy atom. The Labute approximate surface area is 199 Å². The summed E-state index contributed by atoms with van der Waals surface area (Å²) in [6.45, 7) is 1.76. The number of hydrogen-bond donors (Lipinski definition) is 0. The highest BCUT2D eigenvalue weighted by Gasteiger charge is 2.35. The van der Waals surface area contributed by atoms with Crippen molar-refractivity contribution in [3.8, 4) is 28.5 Å². The molecule has 2 heterocycles. The monoisotopic (exact) mass is 475 g/mol. The van der Waals surface area contributed by atoms with Crippen molar-refractivity contribution in [1.29, 1.82) is 0 Å². The van der Waals surface area contributed by atoms with E-state index in [9.17, 15) is 8.42 Å². The minimum Gasteiger partial charge on any atom is -0.495 e. The number of ether oxygens (including phenoxy) is 1. The second kappa shape index (κ2) is 9.32. The second-order valence-electron chi connectivity index (χ2n) is 7.95. The van der Waals surface area contributed by atoms with Gasteiger partial charge in [0.1, 0.15) is 5.75 Å². The molecule has 1 aromatic heterocycles. The van der Waals surface area contributed by atoms with E-state index in [4.69, 9.17) is 9.15 Å². The molecular weight excluding hydrogens is 450 g/mol. The summed E-state index contributed by atoms with van der Waals surface area (Å²) in [6, 6.07) is 26.3. The van der Waals surface area contributed by atoms with Gasteiger partial charge >= 0.3 is 0 Å². The predicted molar refractivity (Wildman–Crippen MR) is 131 cm³/mol. The van der Waals surface area contributed by atoms with E-state index in [0.29, 0.717) is 31.7 Å². The van der Waals surface area contributed by atoms with E-state index in [0.717, 1.165) is 17.0 Å². The zero-order chi connectivity index (χ0) is 23.5. The number of benzene rings is 3. The van der Waals surface area contributed by atoms with Crippen LogP contribution >= 0.6 is 0 Å². The summed E-state index contributed by atoms with van der Waals surface area (Å²) < 4.78 is 40.5. The molecule has 34 heavy (non-hydrogen) atoms. The Hall–Kier alpha value is -3.62. The highest BCUT2D eigenvalue weighted by Crippen LogP contribution is 2.35. The van der Waals surface area contributed by atoms with Crippen molar-refractivity contribution in [2.45, 2.75) is 5.03 Å². The number of rotatable bonds is 6. The van der Waals surface area contributed by atoms with Crippen LogP contribution in [0.15, 0.2) is 94.4 Å². The number of anilines is 1. The van der Waals surface area contributed by atoms with E-state index >= 15 is 0 Å². The van der Waals surface area contributed by atoms with Crippen LogP contribution in [0.5, 0.6) is 5.75 Å². The van der Waals surface area contributed by atoms with Crippen LogP contribution in [-0.2, 0) is 10.0 Å². The number of nitrogens with zero attached hydrogens (tertiary/aromatic N) is 3. The van der Waals surface area contributed by atoms with Crippen molar-refractivity contribution < 1.29 is 17.6 Å². The Morgan fingerprint density at radius 1 is 0.794 bits per heavy atom. The van der Waals surface area contributed by atoms with Crippen LogP contribution in [0.4, 0.5) is 5.69 Å². The minimum atomic E-state index is -3.88. The van der Waals surface area contributed by atoms with E-state index in [1.165, 1.54) is 4.31 Å². The van der Waals surface area contributed by atoms with Gasteiger partial charge in [-0.2, -0.15) is 9.29 Å². The number of methoxy groups -OCH3 is 1. The van der Waals surface area contributed by atoms with E-state index in [1.54, 1.807) is 7.11 Å². The molecular formula is C26H25N3O4S. The fourth-order valence-corrected chi connectivity index (χ4v) is 5.62. The lowest BCUT2D eigenvalue weighted by Gasteiger charge is -2.35. The molecule has 1 fully saturated rings. The van der Waals surface area contributed by atoms with Crippen LogP contribution in [0.3, 0.4) is 0 Å². The maximum atomic E-state index is 13.8. The standard InChI is InChI=1S/C26H25N3O4S/c1-32-23-15-9-8-14-22(23)28-16-18-29(19-17-28)34(30,31)26-24(20-10-4-2-5-11-20)33-25(27-26)21-12-6-3-7-13-21/h2-15H,16-19H2,1H3. The van der Waals surface area contributed by atoms with Gasteiger partial charge < -0.3 is 14.1 Å². The quantitative estimate of drug-likeness (QED) is 0.408. The summed E-state index contributed by atoms with van der Waals surface area (Å²) in [5.41, 5.74) is 2.35. The third kappa shape index (κ3) is 4.18. The average Bonchev–Trinajstić information content (AvgIpc) is 3.36. The lowest BCUT2D eigenvalue weighted by atomic mass is 10.2. The fraction of sp³-hybridized carbons (Fsp3) is 0.192. The largest absolute Gasteiger partial charge is 0.495 e. The maximum Gasteiger partial charge on any atom is 0.264 e. The molecule has 5 rings (SSSR count). The topological polar surface area (TPSA) is 75.9 Å². The second-order valence-corrected chi connectivity index (χ2v) is 9.80. The molecule has 174 valence electrons. The zero-order valence-corrected chi connectivity index (χ0v) is 19.6. The highest BCUT2D eigenvalue weighted by molar-refractivity contribution is 7.89. The number of oxazole rings is 1. The third-order valence-electron chi connectivity index (χ3n) is 5.90. The summed E-state index contributed by atoms with van der Waals surface area (Å²) in [4.78, 5) is 6.62. The first-order valence-corrected chi connectivity index (χ1v) is 12.5. The van der Waals surface area contributed by atoms with Crippen molar-refractivity contribution in [2.75, 3.05) is 38.2 Å². The molecule has 0 atom stereocenters. The van der Waals surface area contributed by atoms with Gasteiger partial charge in [0.05, 0.1) is 12.8 Å². The molecule has 7 nitrogen and oxygen atoms in total. The van der Waals surface area contributed by atoms with Crippen molar-refractivity contribution >= 4 is 15.7 Å². The number of sulfonamides is 1. The molecule has 0 aliphatic carbocycles. The highest BCUT2D eigenvalue weighted by atomic mass is 32.2. The molecule has 0 bridgehead atoms. The van der Waals surface area contributed by atoms with Crippen LogP contribution < -0.4 is 9.64 Å². The van der Waals surface area contributed by atoms with Gasteiger partial charge in [-0.05, 0) is 24.3 Å². The molecule has 1 aliphatic rings. The lowest BCUT2D eigenvalue weighted by molar-refractivity contribution is 0.377. The summed E-state index contributed by atoms with van der Waals surface area (Å²) in [5.74, 6) is 1.31. The number of para-hydroxylation sites is 2. The van der Waals surface area contributed by atoms with Gasteiger partial charge in [-0.1, -0.05) is 60.7 Å². The van der Waals surface area contributed by atoms with E-state index in [1.807, 2.05) is 84.9 Å². The van der Waals surface area contributed by atoms with Gasteiger partial charge in [0.25, 0.3) is 10.0 Å². The van der Waals surface area contributed by atoms with Crippen molar-refractivity contribution in [3.63, 3.8) is 0 Å². The van der Waals surface area contributed by atoms with Crippen LogP contribution in [0, 0.1) is 0 Å². The lowest BCUT2D eigenvalue weighted by Crippen LogP contribution is -2.48. The van der Waals surface area contributed by atoms with Gasteiger partial charge in [0, 0.05) is 37.3 Å². The molecule has 1 saturated heterocycles. The molecule has 0 spiro atoms. The van der Waals surface area contributed by atoms with E-state index in [2.05, 4.69) is 9.88 Å². The maximum absolute atomic E-state index is 13.8. The van der Waals surface area contributed by atoms with Gasteiger partial charge in [0.15, 0.2) is 5.76 Å². The van der Waals surface area contributed by atoms with E-state index in [-0.39, 0.29) is 16.7 Å². The number of hydrogen-bond acceptors (Lipinski definition) is 6.